The third kappa shape index (κ3) is 19.9. The smallest absolute Gasteiger partial charge is 0.241 e. The molecule has 0 aromatic heterocycles. The molecule has 0 unspecified atom stereocenters. The summed E-state index contributed by atoms with van der Waals surface area (Å²) in [4.78, 5) is 10.4. The Morgan fingerprint density at radius 3 is 1.67 bits per heavy atom. The number of rotatable bonds is 14. The van der Waals surface area contributed by atoms with Crippen molar-refractivity contribution in [1.82, 2.24) is 0 Å². The van der Waals surface area contributed by atoms with Crippen molar-refractivity contribution in [1.29, 1.82) is 0 Å². The molecule has 2 N–H and O–H groups in total. The molecule has 0 aliphatic carbocycles. The summed E-state index contributed by atoms with van der Waals surface area (Å²) in [6.45, 7) is 2.26. The van der Waals surface area contributed by atoms with Crippen LogP contribution in [0.5, 0.6) is 0 Å². The summed E-state index contributed by atoms with van der Waals surface area (Å²) in [6, 6.07) is 0. The number of allylic oxidation sites excluding steroid dienone is 11. The van der Waals surface area contributed by atoms with Crippen molar-refractivity contribution in [3.05, 3.63) is 72.9 Å². The van der Waals surface area contributed by atoms with Gasteiger partial charge in [-0.05, 0) is 12.8 Å². The summed E-state index contributed by atoms with van der Waals surface area (Å²) in [5.74, 6) is -0.436. The van der Waals surface area contributed by atoms with Gasteiger partial charge in [0, 0.05) is 6.08 Å². The number of amides is 1. The van der Waals surface area contributed by atoms with Crippen molar-refractivity contribution < 1.29 is 4.79 Å². The third-order valence-corrected chi connectivity index (χ3v) is 3.37. The molecule has 0 bridgehead atoms. The van der Waals surface area contributed by atoms with E-state index in [0.29, 0.717) is 0 Å². The van der Waals surface area contributed by atoms with E-state index in [1.165, 1.54) is 57.4 Å². The van der Waals surface area contributed by atoms with Gasteiger partial charge >= 0.3 is 0 Å². The van der Waals surface area contributed by atoms with Crippen LogP contribution in [-0.4, -0.2) is 5.91 Å². The van der Waals surface area contributed by atoms with Crippen LogP contribution in [0.4, 0.5) is 0 Å². The zero-order chi connectivity index (χ0) is 17.7. The lowest BCUT2D eigenvalue weighted by atomic mass is 10.1. The summed E-state index contributed by atoms with van der Waals surface area (Å²) in [6.07, 6.45) is 33.4. The fourth-order valence-electron chi connectivity index (χ4n) is 2.06. The molecule has 0 spiro atoms. The number of nitrogens with two attached hydrogens (primary N) is 1. The summed E-state index contributed by atoms with van der Waals surface area (Å²) < 4.78 is 0. The van der Waals surface area contributed by atoms with Gasteiger partial charge in [0.1, 0.15) is 0 Å². The predicted octanol–water partition coefficient (Wildman–Crippen LogP) is 5.95. The van der Waals surface area contributed by atoms with Crippen molar-refractivity contribution in [2.75, 3.05) is 0 Å². The Morgan fingerprint density at radius 2 is 1.12 bits per heavy atom. The van der Waals surface area contributed by atoms with Gasteiger partial charge in [0.15, 0.2) is 0 Å². The molecule has 0 radical (unpaired) electrons. The summed E-state index contributed by atoms with van der Waals surface area (Å²) in [5.41, 5.74) is 4.97. The van der Waals surface area contributed by atoms with E-state index < -0.39 is 5.91 Å². The maximum Gasteiger partial charge on any atom is 0.241 e. The minimum Gasteiger partial charge on any atom is -0.366 e. The fraction of sp³-hybridized carbons (Fsp3) is 0.409. The molecule has 0 heterocycles. The van der Waals surface area contributed by atoms with Crippen molar-refractivity contribution in [3.63, 3.8) is 0 Å². The highest BCUT2D eigenvalue weighted by Crippen LogP contribution is 2.08. The number of hydrogen-bond acceptors (Lipinski definition) is 1. The maximum absolute atomic E-state index is 10.4. The predicted molar refractivity (Wildman–Crippen MR) is 107 cm³/mol. The van der Waals surface area contributed by atoms with Gasteiger partial charge in [0.2, 0.25) is 5.91 Å². The van der Waals surface area contributed by atoms with E-state index in [1.54, 1.807) is 12.2 Å². The molecule has 0 fully saturated rings. The Kier molecular flexibility index (Phi) is 17.3. The summed E-state index contributed by atoms with van der Waals surface area (Å²) in [7, 11) is 0. The normalized spacial score (nSPS) is 13.0. The van der Waals surface area contributed by atoms with Crippen LogP contribution in [0, 0.1) is 0 Å². The molecule has 1 amide bonds. The summed E-state index contributed by atoms with van der Waals surface area (Å²) in [5, 5.41) is 0. The second-order valence-electron chi connectivity index (χ2n) is 5.64. The molecule has 0 aromatic carbocycles. The van der Waals surface area contributed by atoms with Gasteiger partial charge in [0.25, 0.3) is 0 Å². The van der Waals surface area contributed by atoms with Crippen molar-refractivity contribution >= 4 is 5.91 Å². The molecule has 0 rings (SSSR count). The van der Waals surface area contributed by atoms with Crippen LogP contribution in [0.1, 0.15) is 58.3 Å². The van der Waals surface area contributed by atoms with E-state index in [0.717, 1.165) is 0 Å². The first kappa shape index (κ1) is 21.9. The van der Waals surface area contributed by atoms with Crippen LogP contribution < -0.4 is 5.73 Å². The first-order valence-corrected chi connectivity index (χ1v) is 9.06. The molecule has 0 aromatic rings. The molecule has 0 saturated heterocycles. The Hall–Kier alpha value is -2.09. The van der Waals surface area contributed by atoms with Crippen LogP contribution in [0.3, 0.4) is 0 Å². The highest BCUT2D eigenvalue weighted by Gasteiger charge is 1.88. The van der Waals surface area contributed by atoms with Crippen molar-refractivity contribution in [3.8, 4) is 0 Å². The van der Waals surface area contributed by atoms with Crippen LogP contribution >= 0.6 is 0 Å². The average molecular weight is 328 g/mol. The van der Waals surface area contributed by atoms with Crippen LogP contribution in [-0.2, 0) is 4.79 Å². The molecule has 0 saturated carbocycles. The maximum atomic E-state index is 10.4. The molecule has 2 nitrogen and oxygen atoms in total. The van der Waals surface area contributed by atoms with E-state index >= 15 is 0 Å². The SMILES string of the molecule is CCCCCCCCC/C=C\C=CC=CC=CC=CC=CC(N)=O. The summed E-state index contributed by atoms with van der Waals surface area (Å²) >= 11 is 0. The van der Waals surface area contributed by atoms with E-state index in [4.69, 9.17) is 5.73 Å². The molecule has 0 aliphatic rings. The molecular formula is C22H33NO. The average Bonchev–Trinajstić information content (AvgIpc) is 2.56. The third-order valence-electron chi connectivity index (χ3n) is 3.37. The topological polar surface area (TPSA) is 43.1 Å². The molecule has 132 valence electrons. The van der Waals surface area contributed by atoms with Gasteiger partial charge in [-0.3, -0.25) is 4.79 Å². The van der Waals surface area contributed by atoms with Gasteiger partial charge in [-0.15, -0.1) is 0 Å². The zero-order valence-electron chi connectivity index (χ0n) is 15.1. The second-order valence-corrected chi connectivity index (χ2v) is 5.64. The Bertz CT molecular complexity index is 464. The van der Waals surface area contributed by atoms with E-state index in [9.17, 15) is 4.79 Å². The van der Waals surface area contributed by atoms with Gasteiger partial charge in [-0.2, -0.15) is 0 Å². The lowest BCUT2D eigenvalue weighted by Crippen LogP contribution is -2.04. The molecule has 2 heteroatoms. The van der Waals surface area contributed by atoms with Crippen molar-refractivity contribution in [2.45, 2.75) is 58.3 Å². The largest absolute Gasteiger partial charge is 0.366 e. The van der Waals surface area contributed by atoms with E-state index in [-0.39, 0.29) is 0 Å². The van der Waals surface area contributed by atoms with Gasteiger partial charge in [0.05, 0.1) is 0 Å². The Balaban J connectivity index is 3.57. The van der Waals surface area contributed by atoms with E-state index in [1.807, 2.05) is 36.5 Å². The van der Waals surface area contributed by atoms with Gasteiger partial charge < -0.3 is 5.73 Å². The standard InChI is InChI=1S/C22H33NO/c1-2-3-4-5-6-7-8-9-10-11-12-13-14-15-16-17-18-19-20-21-22(23)24/h10-21H,2-9H2,1H3,(H2,23,24)/b11-10-,13-12?,15-14?,17-16?,19-18?,21-20?. The van der Waals surface area contributed by atoms with Crippen LogP contribution in [0.2, 0.25) is 0 Å². The highest BCUT2D eigenvalue weighted by atomic mass is 16.1. The lowest BCUT2D eigenvalue weighted by Gasteiger charge is -1.98. The van der Waals surface area contributed by atoms with E-state index in [2.05, 4.69) is 25.2 Å². The minimum atomic E-state index is -0.436. The van der Waals surface area contributed by atoms with Gasteiger partial charge in [-0.1, -0.05) is 112 Å². The molecule has 0 aliphatic heterocycles. The highest BCUT2D eigenvalue weighted by molar-refractivity contribution is 5.85. The van der Waals surface area contributed by atoms with Crippen LogP contribution in [0.25, 0.3) is 0 Å². The first-order valence-electron chi connectivity index (χ1n) is 9.06. The quantitative estimate of drug-likeness (QED) is 0.239. The van der Waals surface area contributed by atoms with Gasteiger partial charge in [-0.25, -0.2) is 0 Å². The number of hydrogen-bond donors (Lipinski definition) is 1. The Labute approximate surface area is 148 Å². The Morgan fingerprint density at radius 1 is 0.667 bits per heavy atom. The van der Waals surface area contributed by atoms with Crippen molar-refractivity contribution in [2.24, 2.45) is 5.73 Å². The monoisotopic (exact) mass is 327 g/mol. The zero-order valence-corrected chi connectivity index (χ0v) is 15.1. The second kappa shape index (κ2) is 19.0. The lowest BCUT2D eigenvalue weighted by molar-refractivity contribution is -0.113. The number of carbonyl (C=O) groups excluding carboxylic acids is 1. The number of unbranched alkanes of at least 4 members (excludes halogenated alkanes) is 7. The molecule has 24 heavy (non-hydrogen) atoms. The number of primary amides is 1. The van der Waals surface area contributed by atoms with Crippen LogP contribution in [0.15, 0.2) is 72.9 Å². The fourth-order valence-corrected chi connectivity index (χ4v) is 2.06. The number of carbonyl (C=O) groups is 1. The minimum absolute atomic E-state index is 0.436. The first-order chi connectivity index (χ1) is 11.8. The molecular weight excluding hydrogens is 294 g/mol. The molecule has 0 atom stereocenters.